The molecule has 1 fully saturated rings. The largest absolute Gasteiger partial charge is 0.522 e. The summed E-state index contributed by atoms with van der Waals surface area (Å²) >= 11 is 5.48. The van der Waals surface area contributed by atoms with Gasteiger partial charge in [0.25, 0.3) is 5.91 Å². The van der Waals surface area contributed by atoms with Crippen molar-refractivity contribution < 1.29 is 23.0 Å². The van der Waals surface area contributed by atoms with E-state index in [4.69, 9.17) is 30.9 Å². The average molecular weight is 747 g/mol. The van der Waals surface area contributed by atoms with Crippen molar-refractivity contribution in [2.75, 3.05) is 18.5 Å². The van der Waals surface area contributed by atoms with Crippen LogP contribution in [0.2, 0.25) is 0 Å². The van der Waals surface area contributed by atoms with Crippen molar-refractivity contribution >= 4 is 41.8 Å². The Hall–Kier alpha value is -5.32. The molecule has 0 saturated carbocycles. The van der Waals surface area contributed by atoms with E-state index in [-0.39, 0.29) is 42.5 Å². The average Bonchev–Trinajstić information content (AvgIpc) is 3.77. The third-order valence-corrected chi connectivity index (χ3v) is 10.4. The van der Waals surface area contributed by atoms with Crippen LogP contribution in [-0.4, -0.2) is 57.0 Å². The van der Waals surface area contributed by atoms with Crippen LogP contribution >= 0.6 is 7.15 Å². The van der Waals surface area contributed by atoms with E-state index in [1.165, 1.54) is 17.2 Å². The lowest BCUT2D eigenvalue weighted by atomic mass is 9.77. The number of benzene rings is 4. The number of imidazole rings is 1. The third-order valence-electron chi connectivity index (χ3n) is 8.97. The molecule has 1 amide bonds. The fourth-order valence-corrected chi connectivity index (χ4v) is 7.80. The molecule has 53 heavy (non-hydrogen) atoms. The number of ether oxygens (including phenoxy) is 1. The molecule has 0 bridgehead atoms. The van der Waals surface area contributed by atoms with Crippen molar-refractivity contribution in [2.24, 2.45) is 0 Å². The Morgan fingerprint density at radius 2 is 1.49 bits per heavy atom. The number of hydrogen-bond donors (Lipinski definition) is 2. The molecule has 7 rings (SSSR count). The Morgan fingerprint density at radius 1 is 0.906 bits per heavy atom. The third kappa shape index (κ3) is 7.61. The number of nitrogens with zero attached hydrogens (tertiary/aromatic N) is 5. The number of nitrogens with one attached hydrogen (secondary N) is 2. The Kier molecular flexibility index (Phi) is 11.3. The highest BCUT2D eigenvalue weighted by atomic mass is 32.4. The standard InChI is InChI=1S/C39H33FN7O4PS/c40-32-34(51-52(53)49-23-13-22-41)31(24-45-39(28-16-7-2-8-17-28,29-18-9-3-10-19-29)30-20-11-4-12-21-30)50-38(32)47-26-44-33-35(42-25-43-36(33)47)46-37(48)27-14-5-1-6-15-27/h1-12,14-21,25-26,31-32,34,38,45H,13,23-24H2/p+1/t31-,32-,34-,38+/m1/s1. The summed E-state index contributed by atoms with van der Waals surface area (Å²) in [6.07, 6.45) is -2.24. The Balaban J connectivity index is 1.23. The molecule has 266 valence electrons. The molecule has 1 saturated heterocycles. The number of aromatic nitrogens is 4. The van der Waals surface area contributed by atoms with Crippen LogP contribution in [0.25, 0.3) is 11.2 Å². The quantitative estimate of drug-likeness (QED) is 0.0683. The van der Waals surface area contributed by atoms with Crippen molar-refractivity contribution in [3.63, 3.8) is 0 Å². The van der Waals surface area contributed by atoms with Crippen molar-refractivity contribution in [3.8, 4) is 6.07 Å². The van der Waals surface area contributed by atoms with Crippen LogP contribution < -0.4 is 10.6 Å². The lowest BCUT2D eigenvalue weighted by Gasteiger charge is -2.38. The van der Waals surface area contributed by atoms with Gasteiger partial charge < -0.3 is 10.1 Å². The van der Waals surface area contributed by atoms with Crippen molar-refractivity contribution in [3.05, 3.63) is 156 Å². The smallest absolute Gasteiger partial charge is 0.347 e. The van der Waals surface area contributed by atoms with Crippen molar-refractivity contribution in [1.29, 1.82) is 5.26 Å². The second kappa shape index (κ2) is 16.6. The minimum atomic E-state index is -1.99. The van der Waals surface area contributed by atoms with E-state index in [0.29, 0.717) is 5.56 Å². The van der Waals surface area contributed by atoms with Gasteiger partial charge in [-0.25, -0.2) is 19.3 Å². The van der Waals surface area contributed by atoms with Crippen LogP contribution in [0.3, 0.4) is 0 Å². The number of hydrogen-bond acceptors (Lipinski definition) is 10. The fourth-order valence-electron chi connectivity index (χ4n) is 6.53. The lowest BCUT2D eigenvalue weighted by Crippen LogP contribution is -2.49. The Morgan fingerprint density at radius 3 is 2.08 bits per heavy atom. The molecule has 11 nitrogen and oxygen atoms in total. The van der Waals surface area contributed by atoms with Crippen LogP contribution in [0.4, 0.5) is 10.2 Å². The molecule has 4 aromatic carbocycles. The predicted octanol–water partition coefficient (Wildman–Crippen LogP) is 6.99. The Labute approximate surface area is 311 Å². The van der Waals surface area contributed by atoms with Gasteiger partial charge in [0, 0.05) is 12.1 Å². The van der Waals surface area contributed by atoms with E-state index in [1.807, 2.05) is 103 Å². The number of carbonyl (C=O) groups excluding carboxylic acids is 1. The molecule has 5 atom stereocenters. The summed E-state index contributed by atoms with van der Waals surface area (Å²) in [4.78, 5) is 26.1. The molecular weight excluding hydrogens is 713 g/mol. The zero-order valence-corrected chi connectivity index (χ0v) is 29.9. The van der Waals surface area contributed by atoms with Crippen LogP contribution in [0, 0.1) is 11.3 Å². The second-order valence-electron chi connectivity index (χ2n) is 12.1. The van der Waals surface area contributed by atoms with Gasteiger partial charge in [-0.3, -0.25) is 14.7 Å². The maximum atomic E-state index is 16.9. The number of amides is 1. The zero-order chi connectivity index (χ0) is 36.6. The van der Waals surface area contributed by atoms with Crippen LogP contribution in [0.1, 0.15) is 39.7 Å². The van der Waals surface area contributed by atoms with E-state index < -0.39 is 37.3 Å². The predicted molar refractivity (Wildman–Crippen MR) is 201 cm³/mol. The van der Waals surface area contributed by atoms with E-state index in [1.54, 1.807) is 24.3 Å². The first-order valence-corrected chi connectivity index (χ1v) is 19.1. The molecular formula is C39H34FN7O4PS+. The molecule has 0 radical (unpaired) electrons. The van der Waals surface area contributed by atoms with Crippen molar-refractivity contribution in [1.82, 2.24) is 24.8 Å². The molecule has 0 aliphatic carbocycles. The van der Waals surface area contributed by atoms with Gasteiger partial charge in [0.1, 0.15) is 19.0 Å². The van der Waals surface area contributed by atoms with Gasteiger partial charge in [-0.2, -0.15) is 5.26 Å². The summed E-state index contributed by atoms with van der Waals surface area (Å²) in [5, 5.41) is 15.6. The maximum Gasteiger partial charge on any atom is 0.522 e. The summed E-state index contributed by atoms with van der Waals surface area (Å²) in [5.74, 6) is -0.213. The monoisotopic (exact) mass is 746 g/mol. The number of carbonyl (C=O) groups is 1. The second-order valence-corrected chi connectivity index (χ2v) is 14.0. The SMILES string of the molecule is N#CCCO[P+](=S)O[C@H]1[C@@H](F)[C@@H](n2cnc3c(NC(=O)c4ccccc4)ncnc32)O[C@@H]1CNC(c1ccccc1)(c1ccccc1)c1ccccc1. The summed E-state index contributed by atoms with van der Waals surface area (Å²) in [6.45, 7) is 0.180. The number of alkyl halides is 1. The molecule has 2 aromatic heterocycles. The normalized spacial score (nSPS) is 18.8. The highest BCUT2D eigenvalue weighted by molar-refractivity contribution is 8.00. The summed E-state index contributed by atoms with van der Waals surface area (Å²) in [7, 11) is -1.99. The topological polar surface area (TPSA) is 136 Å². The molecule has 1 aliphatic heterocycles. The summed E-state index contributed by atoms with van der Waals surface area (Å²) < 4.78 is 36.6. The lowest BCUT2D eigenvalue weighted by molar-refractivity contribution is -0.0215. The first-order valence-electron chi connectivity index (χ1n) is 16.9. The molecule has 0 spiro atoms. The molecule has 2 N–H and O–H groups in total. The van der Waals surface area contributed by atoms with E-state index in [2.05, 4.69) is 25.6 Å². The first kappa shape index (κ1) is 36.1. The van der Waals surface area contributed by atoms with Gasteiger partial charge in [0.15, 0.2) is 35.5 Å². The number of nitriles is 1. The summed E-state index contributed by atoms with van der Waals surface area (Å²) in [6, 6.07) is 40.8. The van der Waals surface area contributed by atoms with E-state index >= 15 is 4.39 Å². The van der Waals surface area contributed by atoms with Gasteiger partial charge in [-0.1, -0.05) is 109 Å². The zero-order valence-electron chi connectivity index (χ0n) is 28.2. The van der Waals surface area contributed by atoms with Crippen molar-refractivity contribution in [2.45, 2.75) is 36.6 Å². The summed E-state index contributed by atoms with van der Waals surface area (Å²) in [5.41, 5.74) is 2.98. The first-order chi connectivity index (χ1) is 26.0. The van der Waals surface area contributed by atoms with Gasteiger partial charge >= 0.3 is 7.15 Å². The number of rotatable bonds is 14. The molecule has 1 unspecified atom stereocenters. The van der Waals surface area contributed by atoms with Gasteiger partial charge in [-0.05, 0) is 28.8 Å². The van der Waals surface area contributed by atoms with Crippen LogP contribution in [0.15, 0.2) is 134 Å². The number of anilines is 1. The Bertz CT molecular complexity index is 2110. The highest BCUT2D eigenvalue weighted by Gasteiger charge is 2.52. The fraction of sp³-hybridized carbons (Fsp3) is 0.205. The van der Waals surface area contributed by atoms with Crippen LogP contribution in [-0.2, 0) is 31.1 Å². The minimum Gasteiger partial charge on any atom is -0.347 e. The van der Waals surface area contributed by atoms with Gasteiger partial charge in [0.2, 0.25) is 11.8 Å². The molecule has 14 heteroatoms. The van der Waals surface area contributed by atoms with Gasteiger partial charge in [0.05, 0.1) is 24.4 Å². The van der Waals surface area contributed by atoms with Crippen LogP contribution in [0.5, 0.6) is 0 Å². The van der Waals surface area contributed by atoms with Gasteiger partial charge in [-0.15, -0.1) is 9.05 Å². The molecule has 6 aromatic rings. The maximum absolute atomic E-state index is 16.9. The number of fused-ring (bicyclic) bond motifs is 1. The molecule has 1 aliphatic rings. The highest BCUT2D eigenvalue weighted by Crippen LogP contribution is 2.42. The van der Waals surface area contributed by atoms with E-state index in [0.717, 1.165) is 16.7 Å². The number of halogens is 1. The van der Waals surface area contributed by atoms with E-state index in [9.17, 15) is 4.79 Å². The molecule has 3 heterocycles. The minimum absolute atomic E-state index is 0.0578.